The number of rotatable bonds is 7. The van der Waals surface area contributed by atoms with Gasteiger partial charge in [0.05, 0.1) is 0 Å². The first kappa shape index (κ1) is 14.1. The molecule has 0 radical (unpaired) electrons. The van der Waals surface area contributed by atoms with Crippen molar-refractivity contribution in [3.63, 3.8) is 0 Å². The van der Waals surface area contributed by atoms with E-state index in [9.17, 15) is 4.79 Å². The van der Waals surface area contributed by atoms with Crippen molar-refractivity contribution in [1.29, 1.82) is 0 Å². The van der Waals surface area contributed by atoms with E-state index in [1.54, 1.807) is 6.92 Å². The molecule has 0 aromatic heterocycles. The SMILES string of the molecule is CC(=CC(=O)O)CNCC(C)(C)CCO. The summed E-state index contributed by atoms with van der Waals surface area (Å²) in [6.45, 7) is 7.41. The first-order valence-corrected chi connectivity index (χ1v) is 5.09. The van der Waals surface area contributed by atoms with Crippen molar-refractivity contribution in [2.45, 2.75) is 27.2 Å². The number of hydrogen-bond donors (Lipinski definition) is 3. The molecule has 0 rings (SSSR count). The first-order chi connectivity index (χ1) is 6.87. The molecule has 0 saturated carbocycles. The molecule has 0 atom stereocenters. The molecule has 0 aliphatic heterocycles. The smallest absolute Gasteiger partial charge is 0.328 e. The Morgan fingerprint density at radius 2 is 2.07 bits per heavy atom. The molecule has 0 heterocycles. The Hall–Kier alpha value is -0.870. The highest BCUT2D eigenvalue weighted by molar-refractivity contribution is 5.80. The van der Waals surface area contributed by atoms with Gasteiger partial charge in [0.15, 0.2) is 0 Å². The van der Waals surface area contributed by atoms with Gasteiger partial charge in [-0.2, -0.15) is 0 Å². The van der Waals surface area contributed by atoms with E-state index in [0.717, 1.165) is 18.5 Å². The van der Waals surface area contributed by atoms with E-state index in [1.165, 1.54) is 6.08 Å². The molecule has 0 saturated heterocycles. The van der Waals surface area contributed by atoms with Crippen LogP contribution in [0, 0.1) is 5.41 Å². The van der Waals surface area contributed by atoms with Crippen LogP contribution in [0.1, 0.15) is 27.2 Å². The van der Waals surface area contributed by atoms with E-state index in [2.05, 4.69) is 19.2 Å². The lowest BCUT2D eigenvalue weighted by atomic mass is 9.90. The summed E-state index contributed by atoms with van der Waals surface area (Å²) >= 11 is 0. The summed E-state index contributed by atoms with van der Waals surface area (Å²) in [7, 11) is 0. The van der Waals surface area contributed by atoms with E-state index in [4.69, 9.17) is 10.2 Å². The normalized spacial score (nSPS) is 12.9. The van der Waals surface area contributed by atoms with Gasteiger partial charge in [-0.25, -0.2) is 4.79 Å². The molecule has 0 aromatic carbocycles. The van der Waals surface area contributed by atoms with Gasteiger partial charge in [-0.15, -0.1) is 0 Å². The quantitative estimate of drug-likeness (QED) is 0.554. The Morgan fingerprint density at radius 1 is 1.47 bits per heavy atom. The number of aliphatic hydroxyl groups is 1. The summed E-state index contributed by atoms with van der Waals surface area (Å²) in [5.74, 6) is -0.913. The van der Waals surface area contributed by atoms with E-state index >= 15 is 0 Å². The molecule has 4 nitrogen and oxygen atoms in total. The van der Waals surface area contributed by atoms with E-state index in [1.807, 2.05) is 0 Å². The Balaban J connectivity index is 3.83. The Morgan fingerprint density at radius 3 is 2.53 bits per heavy atom. The maximum Gasteiger partial charge on any atom is 0.328 e. The molecule has 3 N–H and O–H groups in total. The predicted molar refractivity (Wildman–Crippen MR) is 59.7 cm³/mol. The van der Waals surface area contributed by atoms with Crippen molar-refractivity contribution >= 4 is 5.97 Å². The molecule has 88 valence electrons. The number of aliphatic hydroxyl groups excluding tert-OH is 1. The molecule has 4 heteroatoms. The zero-order valence-electron chi connectivity index (χ0n) is 9.71. The monoisotopic (exact) mass is 215 g/mol. The highest BCUT2D eigenvalue weighted by Crippen LogP contribution is 2.17. The minimum Gasteiger partial charge on any atom is -0.478 e. The summed E-state index contributed by atoms with van der Waals surface area (Å²) in [4.78, 5) is 10.3. The number of hydrogen-bond acceptors (Lipinski definition) is 3. The van der Waals surface area contributed by atoms with Gasteiger partial charge >= 0.3 is 5.97 Å². The van der Waals surface area contributed by atoms with Crippen LogP contribution in [0.4, 0.5) is 0 Å². The van der Waals surface area contributed by atoms with Crippen LogP contribution >= 0.6 is 0 Å². The lowest BCUT2D eigenvalue weighted by Crippen LogP contribution is -2.31. The van der Waals surface area contributed by atoms with Crippen LogP contribution in [-0.2, 0) is 4.79 Å². The molecular weight excluding hydrogens is 194 g/mol. The summed E-state index contributed by atoms with van der Waals surface area (Å²) in [6, 6.07) is 0. The highest BCUT2D eigenvalue weighted by atomic mass is 16.4. The highest BCUT2D eigenvalue weighted by Gasteiger charge is 2.15. The third-order valence-corrected chi connectivity index (χ3v) is 2.17. The van der Waals surface area contributed by atoms with Gasteiger partial charge in [-0.1, -0.05) is 19.4 Å². The predicted octanol–water partition coefficient (Wildman–Crippen LogP) is 1.02. The van der Waals surface area contributed by atoms with Crippen LogP contribution in [0.25, 0.3) is 0 Å². The summed E-state index contributed by atoms with van der Waals surface area (Å²) < 4.78 is 0. The Bertz CT molecular complexity index is 234. The molecular formula is C11H21NO3. The van der Waals surface area contributed by atoms with Crippen molar-refractivity contribution < 1.29 is 15.0 Å². The minimum absolute atomic E-state index is 0.0399. The second-order valence-corrected chi connectivity index (χ2v) is 4.57. The van der Waals surface area contributed by atoms with Gasteiger partial charge in [0.25, 0.3) is 0 Å². The second-order valence-electron chi connectivity index (χ2n) is 4.57. The van der Waals surface area contributed by atoms with Crippen LogP contribution in [0.15, 0.2) is 11.6 Å². The second kappa shape index (κ2) is 6.58. The van der Waals surface area contributed by atoms with Crippen molar-refractivity contribution in [3.05, 3.63) is 11.6 Å². The lowest BCUT2D eigenvalue weighted by Gasteiger charge is -2.24. The van der Waals surface area contributed by atoms with Crippen LogP contribution in [0.5, 0.6) is 0 Å². The van der Waals surface area contributed by atoms with Gasteiger partial charge in [0.1, 0.15) is 0 Å². The topological polar surface area (TPSA) is 69.6 Å². The Kier molecular flexibility index (Phi) is 6.20. The first-order valence-electron chi connectivity index (χ1n) is 5.09. The van der Waals surface area contributed by atoms with Gasteiger partial charge in [0, 0.05) is 25.8 Å². The van der Waals surface area contributed by atoms with Crippen LogP contribution in [0.2, 0.25) is 0 Å². The van der Waals surface area contributed by atoms with Gasteiger partial charge in [-0.3, -0.25) is 0 Å². The Labute approximate surface area is 91.0 Å². The molecule has 0 bridgehead atoms. The molecule has 0 aliphatic carbocycles. The molecule has 0 aliphatic rings. The van der Waals surface area contributed by atoms with Crippen LogP contribution in [0.3, 0.4) is 0 Å². The van der Waals surface area contributed by atoms with Crippen LogP contribution < -0.4 is 5.32 Å². The van der Waals surface area contributed by atoms with Crippen LogP contribution in [-0.4, -0.2) is 35.9 Å². The third-order valence-electron chi connectivity index (χ3n) is 2.17. The maximum absolute atomic E-state index is 10.3. The van der Waals surface area contributed by atoms with Gasteiger partial charge in [0.2, 0.25) is 0 Å². The van der Waals surface area contributed by atoms with Crippen molar-refractivity contribution in [2.24, 2.45) is 5.41 Å². The van der Waals surface area contributed by atoms with Crippen molar-refractivity contribution in [2.75, 3.05) is 19.7 Å². The van der Waals surface area contributed by atoms with Crippen molar-refractivity contribution in [3.8, 4) is 0 Å². The standard InChI is InChI=1S/C11H21NO3/c1-9(6-10(14)15)7-12-8-11(2,3)4-5-13/h6,12-13H,4-5,7-8H2,1-3H3,(H,14,15). The van der Waals surface area contributed by atoms with E-state index in [0.29, 0.717) is 6.54 Å². The largest absolute Gasteiger partial charge is 0.478 e. The molecule has 0 unspecified atom stereocenters. The molecule has 0 fully saturated rings. The van der Waals surface area contributed by atoms with Gasteiger partial charge < -0.3 is 15.5 Å². The average molecular weight is 215 g/mol. The third kappa shape index (κ3) is 8.15. The number of aliphatic carboxylic acids is 1. The fraction of sp³-hybridized carbons (Fsp3) is 0.727. The molecule has 0 aromatic rings. The summed E-state index contributed by atoms with van der Waals surface area (Å²) in [5, 5.41) is 20.5. The fourth-order valence-electron chi connectivity index (χ4n) is 1.25. The zero-order chi connectivity index (χ0) is 11.9. The summed E-state index contributed by atoms with van der Waals surface area (Å²) in [5.41, 5.74) is 0.834. The lowest BCUT2D eigenvalue weighted by molar-refractivity contribution is -0.131. The minimum atomic E-state index is -0.913. The van der Waals surface area contributed by atoms with Crippen molar-refractivity contribution in [1.82, 2.24) is 5.32 Å². The fourth-order valence-corrected chi connectivity index (χ4v) is 1.25. The molecule has 0 spiro atoms. The number of carboxylic acid groups (broad SMARTS) is 1. The maximum atomic E-state index is 10.3. The number of carboxylic acids is 1. The number of nitrogens with one attached hydrogen (secondary N) is 1. The molecule has 15 heavy (non-hydrogen) atoms. The molecule has 0 amide bonds. The number of carbonyl (C=O) groups is 1. The van der Waals surface area contributed by atoms with E-state index in [-0.39, 0.29) is 12.0 Å². The zero-order valence-corrected chi connectivity index (χ0v) is 9.71. The van der Waals surface area contributed by atoms with E-state index < -0.39 is 5.97 Å². The average Bonchev–Trinajstić information content (AvgIpc) is 2.01. The van der Waals surface area contributed by atoms with Gasteiger partial charge in [-0.05, 0) is 18.8 Å². The summed E-state index contributed by atoms with van der Waals surface area (Å²) in [6.07, 6.45) is 1.94.